The average Bonchev–Trinajstić information content (AvgIpc) is 2.04. The highest BCUT2D eigenvalue weighted by Crippen LogP contribution is 2.14. The van der Waals surface area contributed by atoms with Gasteiger partial charge >= 0.3 is 0 Å². The Balaban J connectivity index is 2.18. The van der Waals surface area contributed by atoms with E-state index < -0.39 is 0 Å². The molecule has 0 bridgehead atoms. The van der Waals surface area contributed by atoms with Crippen molar-refractivity contribution >= 4 is 15.9 Å². The largest absolute Gasteiger partial charge is 0.377 e. The van der Waals surface area contributed by atoms with Crippen LogP contribution in [0, 0.1) is 0 Å². The first-order chi connectivity index (χ1) is 6.18. The van der Waals surface area contributed by atoms with Crippen molar-refractivity contribution in [3.63, 3.8) is 0 Å². The molecule has 0 aromatic heterocycles. The minimum atomic E-state index is 0.436. The number of ether oxygens (including phenoxy) is 1. The summed E-state index contributed by atoms with van der Waals surface area (Å²) in [7, 11) is 2.10. The van der Waals surface area contributed by atoms with Gasteiger partial charge in [0.05, 0.1) is 6.10 Å². The van der Waals surface area contributed by atoms with Crippen molar-refractivity contribution in [2.45, 2.75) is 25.4 Å². The number of hydrogen-bond donors (Lipinski definition) is 0. The van der Waals surface area contributed by atoms with Gasteiger partial charge in [-0.15, -0.1) is 0 Å². The summed E-state index contributed by atoms with van der Waals surface area (Å²) in [6.45, 7) is 6.68. The summed E-state index contributed by atoms with van der Waals surface area (Å²) < 4.78 is 6.68. The van der Waals surface area contributed by atoms with Crippen LogP contribution in [0.5, 0.6) is 0 Å². The first-order valence-electron chi connectivity index (χ1n) is 4.82. The van der Waals surface area contributed by atoms with E-state index in [1.54, 1.807) is 0 Å². The summed E-state index contributed by atoms with van der Waals surface area (Å²) >= 11 is 3.36. The van der Waals surface area contributed by atoms with Crippen molar-refractivity contribution in [1.29, 1.82) is 0 Å². The molecule has 0 saturated carbocycles. The molecule has 1 fully saturated rings. The minimum absolute atomic E-state index is 0.436. The summed E-state index contributed by atoms with van der Waals surface area (Å²) in [5, 5.41) is 0. The van der Waals surface area contributed by atoms with Crippen LogP contribution < -0.4 is 0 Å². The lowest BCUT2D eigenvalue weighted by molar-refractivity contribution is 0.000126. The fraction of sp³-hybridized carbons (Fsp3) is 0.800. The van der Waals surface area contributed by atoms with E-state index in [1.807, 2.05) is 0 Å². The van der Waals surface area contributed by atoms with Crippen LogP contribution >= 0.6 is 15.9 Å². The number of nitrogens with zero attached hydrogens (tertiary/aromatic N) is 1. The Morgan fingerprint density at radius 3 is 2.92 bits per heavy atom. The summed E-state index contributed by atoms with van der Waals surface area (Å²) in [4.78, 5) is 2.24. The van der Waals surface area contributed by atoms with Crippen LogP contribution in [0.1, 0.15) is 19.3 Å². The molecule has 13 heavy (non-hydrogen) atoms. The molecule has 1 unspecified atom stereocenters. The molecule has 1 saturated heterocycles. The molecule has 1 rings (SSSR count). The molecule has 1 heterocycles. The first kappa shape index (κ1) is 11.2. The molecule has 0 amide bonds. The van der Waals surface area contributed by atoms with E-state index in [-0.39, 0.29) is 0 Å². The van der Waals surface area contributed by atoms with Crippen LogP contribution in [-0.4, -0.2) is 37.7 Å². The molecule has 3 heteroatoms. The fourth-order valence-electron chi connectivity index (χ4n) is 1.66. The average molecular weight is 248 g/mol. The van der Waals surface area contributed by atoms with Crippen molar-refractivity contribution in [3.05, 3.63) is 11.1 Å². The Hall–Kier alpha value is 0.140. The van der Waals surface area contributed by atoms with Gasteiger partial charge in [-0.05, 0) is 26.3 Å². The van der Waals surface area contributed by atoms with Crippen LogP contribution in [0.3, 0.4) is 0 Å². The Kier molecular flexibility index (Phi) is 4.99. The van der Waals surface area contributed by atoms with E-state index in [4.69, 9.17) is 4.74 Å². The first-order valence-corrected chi connectivity index (χ1v) is 5.61. The van der Waals surface area contributed by atoms with Crippen molar-refractivity contribution in [2.75, 3.05) is 26.7 Å². The summed E-state index contributed by atoms with van der Waals surface area (Å²) in [5.74, 6) is 0. The molecule has 0 aliphatic carbocycles. The Bertz CT molecular complexity index is 166. The minimum Gasteiger partial charge on any atom is -0.377 e. The smallest absolute Gasteiger partial charge is 0.0702 e. The van der Waals surface area contributed by atoms with Gasteiger partial charge in [-0.2, -0.15) is 0 Å². The van der Waals surface area contributed by atoms with Crippen molar-refractivity contribution < 1.29 is 4.74 Å². The molecule has 0 aromatic rings. The Morgan fingerprint density at radius 1 is 1.62 bits per heavy atom. The van der Waals surface area contributed by atoms with Gasteiger partial charge in [-0.25, -0.2) is 0 Å². The Labute approximate surface area is 89.1 Å². The molecule has 0 aromatic carbocycles. The van der Waals surface area contributed by atoms with Crippen LogP contribution in [0.15, 0.2) is 11.1 Å². The highest BCUT2D eigenvalue weighted by atomic mass is 79.9. The molecular formula is C10H18BrNO. The second-order valence-electron chi connectivity index (χ2n) is 3.70. The lowest BCUT2D eigenvalue weighted by Gasteiger charge is -2.27. The number of likely N-dealkylation sites (N-methyl/N-ethyl adjacent to an activating group) is 1. The van der Waals surface area contributed by atoms with E-state index in [2.05, 4.69) is 34.5 Å². The van der Waals surface area contributed by atoms with Gasteiger partial charge in [0.15, 0.2) is 0 Å². The molecule has 1 aliphatic rings. The monoisotopic (exact) mass is 247 g/mol. The third-order valence-electron chi connectivity index (χ3n) is 2.23. The van der Waals surface area contributed by atoms with Gasteiger partial charge in [0.2, 0.25) is 0 Å². The normalized spacial score (nSPS) is 23.5. The SMILES string of the molecule is C=C(Br)CN(C)CC1CCCCO1. The number of halogens is 1. The van der Waals surface area contributed by atoms with E-state index in [0.717, 1.165) is 24.2 Å². The zero-order valence-electron chi connectivity index (χ0n) is 8.26. The van der Waals surface area contributed by atoms with Gasteiger partial charge in [-0.1, -0.05) is 22.5 Å². The quantitative estimate of drug-likeness (QED) is 0.757. The molecular weight excluding hydrogens is 230 g/mol. The predicted molar refractivity (Wildman–Crippen MR) is 59.2 cm³/mol. The maximum Gasteiger partial charge on any atom is 0.0702 e. The van der Waals surface area contributed by atoms with Crippen molar-refractivity contribution in [3.8, 4) is 0 Å². The van der Waals surface area contributed by atoms with Gasteiger partial charge < -0.3 is 4.74 Å². The van der Waals surface area contributed by atoms with Gasteiger partial charge in [0, 0.05) is 24.2 Å². The van der Waals surface area contributed by atoms with Crippen molar-refractivity contribution in [2.24, 2.45) is 0 Å². The van der Waals surface area contributed by atoms with Crippen LogP contribution in [-0.2, 0) is 4.74 Å². The maximum atomic E-state index is 5.64. The third kappa shape index (κ3) is 4.79. The third-order valence-corrected chi connectivity index (χ3v) is 2.48. The van der Waals surface area contributed by atoms with E-state index in [0.29, 0.717) is 6.10 Å². The lowest BCUT2D eigenvalue weighted by Crippen LogP contribution is -2.33. The summed E-state index contributed by atoms with van der Waals surface area (Å²) in [5.41, 5.74) is 0. The highest BCUT2D eigenvalue weighted by molar-refractivity contribution is 9.11. The zero-order valence-corrected chi connectivity index (χ0v) is 9.85. The van der Waals surface area contributed by atoms with Crippen LogP contribution in [0.2, 0.25) is 0 Å². The van der Waals surface area contributed by atoms with Gasteiger partial charge in [0.25, 0.3) is 0 Å². The summed E-state index contributed by atoms with van der Waals surface area (Å²) in [6.07, 6.45) is 4.18. The zero-order chi connectivity index (χ0) is 9.68. The molecule has 1 atom stereocenters. The summed E-state index contributed by atoms with van der Waals surface area (Å²) in [6, 6.07) is 0. The van der Waals surface area contributed by atoms with E-state index in [9.17, 15) is 0 Å². The highest BCUT2D eigenvalue weighted by Gasteiger charge is 2.15. The lowest BCUT2D eigenvalue weighted by atomic mass is 10.1. The standard InChI is InChI=1S/C10H18BrNO/c1-9(11)7-12(2)8-10-5-3-4-6-13-10/h10H,1,3-8H2,2H3. The second-order valence-corrected chi connectivity index (χ2v) is 4.82. The van der Waals surface area contributed by atoms with Crippen LogP contribution in [0.4, 0.5) is 0 Å². The van der Waals surface area contributed by atoms with E-state index >= 15 is 0 Å². The second kappa shape index (κ2) is 5.78. The van der Waals surface area contributed by atoms with Gasteiger partial charge in [-0.3, -0.25) is 4.90 Å². The van der Waals surface area contributed by atoms with E-state index in [1.165, 1.54) is 19.3 Å². The molecule has 0 spiro atoms. The number of rotatable bonds is 4. The molecule has 1 aliphatic heterocycles. The molecule has 0 radical (unpaired) electrons. The van der Waals surface area contributed by atoms with Crippen LogP contribution in [0.25, 0.3) is 0 Å². The number of hydrogen-bond acceptors (Lipinski definition) is 2. The Morgan fingerprint density at radius 2 is 2.38 bits per heavy atom. The maximum absolute atomic E-state index is 5.64. The molecule has 2 nitrogen and oxygen atoms in total. The molecule has 76 valence electrons. The fourth-order valence-corrected chi connectivity index (χ4v) is 2.08. The van der Waals surface area contributed by atoms with Gasteiger partial charge in [0.1, 0.15) is 0 Å². The molecule has 0 N–H and O–H groups in total. The topological polar surface area (TPSA) is 12.5 Å². The predicted octanol–water partition coefficient (Wildman–Crippen LogP) is 2.40. The van der Waals surface area contributed by atoms with Crippen molar-refractivity contribution in [1.82, 2.24) is 4.90 Å².